The first-order valence-corrected chi connectivity index (χ1v) is 9.26. The van der Waals surface area contributed by atoms with Gasteiger partial charge in [-0.05, 0) is 56.2 Å². The van der Waals surface area contributed by atoms with E-state index < -0.39 is 0 Å². The Hall–Kier alpha value is -3.15. The molecule has 1 fully saturated rings. The van der Waals surface area contributed by atoms with Gasteiger partial charge in [-0.25, -0.2) is 9.97 Å². The molecule has 0 spiro atoms. The molecule has 1 N–H and O–H groups in total. The molecule has 1 amide bonds. The lowest BCUT2D eigenvalue weighted by Crippen LogP contribution is -2.40. The van der Waals surface area contributed by atoms with Gasteiger partial charge in [-0.15, -0.1) is 0 Å². The van der Waals surface area contributed by atoms with Crippen molar-refractivity contribution in [2.45, 2.75) is 25.8 Å². The average molecular weight is 362 g/mol. The zero-order valence-electron chi connectivity index (χ0n) is 15.3. The SMILES string of the molecule is CCOc1ccc(NC(=O)[C@H]2CCCN2c2ncnc3ccccc23)cc1. The zero-order chi connectivity index (χ0) is 18.6. The predicted octanol–water partition coefficient (Wildman–Crippen LogP) is 3.64. The van der Waals surface area contributed by atoms with Crippen LogP contribution in [-0.4, -0.2) is 35.1 Å². The molecule has 1 saturated heterocycles. The summed E-state index contributed by atoms with van der Waals surface area (Å²) in [5.41, 5.74) is 1.66. The maximum absolute atomic E-state index is 12.9. The molecule has 1 aliphatic rings. The minimum Gasteiger partial charge on any atom is -0.494 e. The second-order valence-corrected chi connectivity index (χ2v) is 6.51. The second-order valence-electron chi connectivity index (χ2n) is 6.51. The Morgan fingerprint density at radius 3 is 2.81 bits per heavy atom. The van der Waals surface area contributed by atoms with Crippen LogP contribution in [0.4, 0.5) is 11.5 Å². The summed E-state index contributed by atoms with van der Waals surface area (Å²) in [6.45, 7) is 3.37. The van der Waals surface area contributed by atoms with Gasteiger partial charge in [0.15, 0.2) is 0 Å². The second kappa shape index (κ2) is 7.61. The summed E-state index contributed by atoms with van der Waals surface area (Å²) in [6.07, 6.45) is 3.33. The fourth-order valence-electron chi connectivity index (χ4n) is 3.54. The van der Waals surface area contributed by atoms with Crippen LogP contribution in [-0.2, 0) is 4.79 Å². The largest absolute Gasteiger partial charge is 0.494 e. The van der Waals surface area contributed by atoms with Crippen LogP contribution in [0.1, 0.15) is 19.8 Å². The molecule has 1 aromatic heterocycles. The normalized spacial score (nSPS) is 16.5. The average Bonchev–Trinajstić information content (AvgIpc) is 3.19. The minimum absolute atomic E-state index is 0.0145. The molecule has 2 aromatic carbocycles. The number of carbonyl (C=O) groups excluding carboxylic acids is 1. The van der Waals surface area contributed by atoms with Gasteiger partial charge in [0.2, 0.25) is 5.91 Å². The van der Waals surface area contributed by atoms with Gasteiger partial charge in [-0.1, -0.05) is 12.1 Å². The van der Waals surface area contributed by atoms with Gasteiger partial charge in [0.1, 0.15) is 23.9 Å². The summed E-state index contributed by atoms with van der Waals surface area (Å²) in [6, 6.07) is 15.1. The first-order chi connectivity index (χ1) is 13.3. The van der Waals surface area contributed by atoms with E-state index in [2.05, 4.69) is 20.2 Å². The standard InChI is InChI=1S/C21H22N4O2/c1-2-27-16-11-9-15(10-12-16)24-21(26)19-8-5-13-25(19)20-17-6-3-4-7-18(17)22-14-23-20/h3-4,6-7,9-12,14,19H,2,5,8,13H2,1H3,(H,24,26)/t19-/m1/s1. The number of aromatic nitrogens is 2. The van der Waals surface area contributed by atoms with Crippen molar-refractivity contribution < 1.29 is 9.53 Å². The van der Waals surface area contributed by atoms with Crippen LogP contribution < -0.4 is 15.0 Å². The number of ether oxygens (including phenoxy) is 1. The number of fused-ring (bicyclic) bond motifs is 1. The fraction of sp³-hybridized carbons (Fsp3) is 0.286. The maximum Gasteiger partial charge on any atom is 0.247 e. The highest BCUT2D eigenvalue weighted by Gasteiger charge is 2.32. The smallest absolute Gasteiger partial charge is 0.247 e. The van der Waals surface area contributed by atoms with E-state index in [1.54, 1.807) is 6.33 Å². The van der Waals surface area contributed by atoms with E-state index in [0.29, 0.717) is 6.61 Å². The van der Waals surface area contributed by atoms with Crippen molar-refractivity contribution in [3.63, 3.8) is 0 Å². The minimum atomic E-state index is -0.241. The van der Waals surface area contributed by atoms with E-state index in [9.17, 15) is 4.79 Å². The van der Waals surface area contributed by atoms with Crippen molar-refractivity contribution in [2.75, 3.05) is 23.4 Å². The predicted molar refractivity (Wildman–Crippen MR) is 106 cm³/mol. The van der Waals surface area contributed by atoms with Crippen molar-refractivity contribution in [3.05, 3.63) is 54.9 Å². The van der Waals surface area contributed by atoms with Crippen molar-refractivity contribution in [2.24, 2.45) is 0 Å². The number of nitrogens with zero attached hydrogens (tertiary/aromatic N) is 3. The molecule has 0 bridgehead atoms. The molecule has 3 aromatic rings. The van der Waals surface area contributed by atoms with E-state index in [1.807, 2.05) is 55.5 Å². The molecule has 6 heteroatoms. The molecule has 0 saturated carbocycles. The number of anilines is 2. The number of carbonyl (C=O) groups is 1. The summed E-state index contributed by atoms with van der Waals surface area (Å²) in [7, 11) is 0. The molecular weight excluding hydrogens is 340 g/mol. The molecule has 27 heavy (non-hydrogen) atoms. The van der Waals surface area contributed by atoms with Gasteiger partial charge in [0, 0.05) is 17.6 Å². The van der Waals surface area contributed by atoms with Crippen LogP contribution in [0.3, 0.4) is 0 Å². The highest BCUT2D eigenvalue weighted by Crippen LogP contribution is 2.30. The molecule has 0 aliphatic carbocycles. The van der Waals surface area contributed by atoms with Crippen LogP contribution in [0.5, 0.6) is 5.75 Å². The summed E-state index contributed by atoms with van der Waals surface area (Å²) in [5.74, 6) is 1.61. The van der Waals surface area contributed by atoms with E-state index in [1.165, 1.54) is 0 Å². The van der Waals surface area contributed by atoms with Crippen molar-refractivity contribution in [1.82, 2.24) is 9.97 Å². The van der Waals surface area contributed by atoms with Crippen LogP contribution in [0.25, 0.3) is 10.9 Å². The molecule has 1 atom stereocenters. The fourth-order valence-corrected chi connectivity index (χ4v) is 3.54. The molecule has 6 nitrogen and oxygen atoms in total. The molecule has 0 unspecified atom stereocenters. The van der Waals surface area contributed by atoms with Crippen LogP contribution in [0.2, 0.25) is 0 Å². The molecular formula is C21H22N4O2. The van der Waals surface area contributed by atoms with E-state index in [-0.39, 0.29) is 11.9 Å². The topological polar surface area (TPSA) is 67.3 Å². The van der Waals surface area contributed by atoms with Crippen LogP contribution in [0, 0.1) is 0 Å². The molecule has 0 radical (unpaired) electrons. The summed E-state index contributed by atoms with van der Waals surface area (Å²) in [5, 5.41) is 3.99. The molecule has 1 aliphatic heterocycles. The Labute approximate surface area is 158 Å². The summed E-state index contributed by atoms with van der Waals surface area (Å²) >= 11 is 0. The maximum atomic E-state index is 12.9. The van der Waals surface area contributed by atoms with Crippen molar-refractivity contribution >= 4 is 28.3 Å². The molecule has 4 rings (SSSR count). The highest BCUT2D eigenvalue weighted by atomic mass is 16.5. The van der Waals surface area contributed by atoms with E-state index in [4.69, 9.17) is 4.74 Å². The lowest BCUT2D eigenvalue weighted by molar-refractivity contribution is -0.117. The van der Waals surface area contributed by atoms with Crippen molar-refractivity contribution in [3.8, 4) is 5.75 Å². The highest BCUT2D eigenvalue weighted by molar-refractivity contribution is 5.99. The first-order valence-electron chi connectivity index (χ1n) is 9.26. The Bertz CT molecular complexity index is 937. The van der Waals surface area contributed by atoms with Gasteiger partial charge >= 0.3 is 0 Å². The number of rotatable bonds is 5. The number of hydrogen-bond donors (Lipinski definition) is 1. The van der Waals surface area contributed by atoms with E-state index >= 15 is 0 Å². The van der Waals surface area contributed by atoms with Crippen molar-refractivity contribution in [1.29, 1.82) is 0 Å². The van der Waals surface area contributed by atoms with Crippen LogP contribution in [0.15, 0.2) is 54.9 Å². The lowest BCUT2D eigenvalue weighted by atomic mass is 10.1. The van der Waals surface area contributed by atoms with Gasteiger partial charge < -0.3 is 15.0 Å². The van der Waals surface area contributed by atoms with Gasteiger partial charge in [0.25, 0.3) is 0 Å². The monoisotopic (exact) mass is 362 g/mol. The molecule has 2 heterocycles. The Kier molecular flexibility index (Phi) is 4.87. The van der Waals surface area contributed by atoms with Gasteiger partial charge in [0.05, 0.1) is 12.1 Å². The lowest BCUT2D eigenvalue weighted by Gasteiger charge is -2.25. The number of benzene rings is 2. The third kappa shape index (κ3) is 3.56. The number of para-hydroxylation sites is 1. The first kappa shape index (κ1) is 17.3. The third-order valence-corrected chi connectivity index (χ3v) is 4.78. The van der Waals surface area contributed by atoms with Crippen LogP contribution >= 0.6 is 0 Å². The Morgan fingerprint density at radius 2 is 2.00 bits per heavy atom. The van der Waals surface area contributed by atoms with E-state index in [0.717, 1.165) is 47.5 Å². The third-order valence-electron chi connectivity index (χ3n) is 4.78. The number of nitrogens with one attached hydrogen (secondary N) is 1. The Morgan fingerprint density at radius 1 is 1.19 bits per heavy atom. The quantitative estimate of drug-likeness (QED) is 0.751. The zero-order valence-corrected chi connectivity index (χ0v) is 15.3. The number of amides is 1. The summed E-state index contributed by atoms with van der Waals surface area (Å²) < 4.78 is 5.45. The van der Waals surface area contributed by atoms with Gasteiger partial charge in [-0.3, -0.25) is 4.79 Å². The number of hydrogen-bond acceptors (Lipinski definition) is 5. The Balaban J connectivity index is 1.54. The molecule has 138 valence electrons. The van der Waals surface area contributed by atoms with Gasteiger partial charge in [-0.2, -0.15) is 0 Å². The summed E-state index contributed by atoms with van der Waals surface area (Å²) in [4.78, 5) is 23.8.